The maximum atomic E-state index is 11.8. The van der Waals surface area contributed by atoms with E-state index in [-0.39, 0.29) is 11.8 Å². The zero-order valence-corrected chi connectivity index (χ0v) is 12.9. The normalized spacial score (nSPS) is 17.6. The molecule has 0 spiro atoms. The Hall–Kier alpha value is -1.60. The minimum atomic E-state index is -3.09. The molecule has 7 heteroatoms. The van der Waals surface area contributed by atoms with Gasteiger partial charge < -0.3 is 10.6 Å². The van der Waals surface area contributed by atoms with Crippen LogP contribution in [0.2, 0.25) is 0 Å². The highest BCUT2D eigenvalue weighted by atomic mass is 32.2. The van der Waals surface area contributed by atoms with Crippen LogP contribution in [0.25, 0.3) is 0 Å². The predicted molar refractivity (Wildman–Crippen MR) is 82.8 cm³/mol. The standard InChI is InChI=1S/C14H21N3O3S/c1-2-12-5-3-6-13(11-12)16-14(18)15-7-9-17-8-4-10-21(17,19)20/h3,5-6,11H,2,4,7-10H2,1H3,(H2,15,16,18). The lowest BCUT2D eigenvalue weighted by Gasteiger charge is -2.14. The third kappa shape index (κ3) is 4.44. The third-order valence-corrected chi connectivity index (χ3v) is 5.40. The summed E-state index contributed by atoms with van der Waals surface area (Å²) in [7, 11) is -3.09. The lowest BCUT2D eigenvalue weighted by atomic mass is 10.1. The molecule has 1 aliphatic heterocycles. The highest BCUT2D eigenvalue weighted by Crippen LogP contribution is 2.12. The van der Waals surface area contributed by atoms with Crippen LogP contribution < -0.4 is 10.6 Å². The van der Waals surface area contributed by atoms with Gasteiger partial charge in [-0.15, -0.1) is 0 Å². The zero-order valence-electron chi connectivity index (χ0n) is 12.1. The Morgan fingerprint density at radius 3 is 2.86 bits per heavy atom. The first kappa shape index (κ1) is 15.8. The largest absolute Gasteiger partial charge is 0.337 e. The second-order valence-electron chi connectivity index (χ2n) is 5.00. The molecular formula is C14H21N3O3S. The van der Waals surface area contributed by atoms with Gasteiger partial charge in [-0.2, -0.15) is 0 Å². The van der Waals surface area contributed by atoms with E-state index in [1.807, 2.05) is 24.3 Å². The molecule has 1 fully saturated rings. The van der Waals surface area contributed by atoms with Crippen molar-refractivity contribution < 1.29 is 13.2 Å². The van der Waals surface area contributed by atoms with E-state index in [0.717, 1.165) is 17.7 Å². The van der Waals surface area contributed by atoms with Crippen LogP contribution in [0.1, 0.15) is 18.9 Å². The Morgan fingerprint density at radius 1 is 1.38 bits per heavy atom. The minimum absolute atomic E-state index is 0.211. The first-order valence-electron chi connectivity index (χ1n) is 7.13. The van der Waals surface area contributed by atoms with Gasteiger partial charge in [0.1, 0.15) is 0 Å². The van der Waals surface area contributed by atoms with E-state index in [1.165, 1.54) is 4.31 Å². The number of carbonyl (C=O) groups is 1. The maximum Gasteiger partial charge on any atom is 0.319 e. The second kappa shape index (κ2) is 6.91. The molecule has 2 rings (SSSR count). The lowest BCUT2D eigenvalue weighted by Crippen LogP contribution is -2.37. The zero-order chi connectivity index (χ0) is 15.3. The summed E-state index contributed by atoms with van der Waals surface area (Å²) in [6.07, 6.45) is 1.57. The monoisotopic (exact) mass is 311 g/mol. The molecule has 0 bridgehead atoms. The molecule has 0 aromatic heterocycles. The molecule has 0 aliphatic carbocycles. The Balaban J connectivity index is 1.77. The Kier molecular flexibility index (Phi) is 5.19. The number of aryl methyl sites for hydroxylation is 1. The van der Waals surface area contributed by atoms with Gasteiger partial charge in [0, 0.05) is 25.3 Å². The molecule has 1 saturated heterocycles. The summed E-state index contributed by atoms with van der Waals surface area (Å²) < 4.78 is 24.6. The number of anilines is 1. The van der Waals surface area contributed by atoms with Crippen LogP contribution >= 0.6 is 0 Å². The van der Waals surface area contributed by atoms with Crippen LogP contribution in [0, 0.1) is 0 Å². The molecule has 0 radical (unpaired) electrons. The fourth-order valence-corrected chi connectivity index (χ4v) is 3.81. The van der Waals surface area contributed by atoms with Gasteiger partial charge in [-0.3, -0.25) is 0 Å². The van der Waals surface area contributed by atoms with E-state index in [9.17, 15) is 13.2 Å². The van der Waals surface area contributed by atoms with E-state index in [1.54, 1.807) is 0 Å². The summed E-state index contributed by atoms with van der Waals surface area (Å²) in [5, 5.41) is 5.42. The van der Waals surface area contributed by atoms with E-state index in [0.29, 0.717) is 26.1 Å². The van der Waals surface area contributed by atoms with Gasteiger partial charge in [0.05, 0.1) is 5.75 Å². The minimum Gasteiger partial charge on any atom is -0.337 e. The van der Waals surface area contributed by atoms with Crippen LogP contribution in [0.15, 0.2) is 24.3 Å². The summed E-state index contributed by atoms with van der Waals surface area (Å²) >= 11 is 0. The highest BCUT2D eigenvalue weighted by Gasteiger charge is 2.27. The molecule has 1 aromatic carbocycles. The fraction of sp³-hybridized carbons (Fsp3) is 0.500. The molecule has 1 aromatic rings. The Morgan fingerprint density at radius 2 is 2.19 bits per heavy atom. The highest BCUT2D eigenvalue weighted by molar-refractivity contribution is 7.89. The molecule has 0 atom stereocenters. The topological polar surface area (TPSA) is 78.5 Å². The van der Waals surface area contributed by atoms with Crippen molar-refractivity contribution in [2.75, 3.05) is 30.7 Å². The van der Waals surface area contributed by atoms with Crippen LogP contribution in [0.4, 0.5) is 10.5 Å². The van der Waals surface area contributed by atoms with E-state index in [4.69, 9.17) is 0 Å². The van der Waals surface area contributed by atoms with Crippen molar-refractivity contribution in [2.24, 2.45) is 0 Å². The smallest absolute Gasteiger partial charge is 0.319 e. The van der Waals surface area contributed by atoms with Crippen LogP contribution in [-0.4, -0.2) is 44.1 Å². The molecule has 116 valence electrons. The molecule has 2 N–H and O–H groups in total. The number of urea groups is 1. The van der Waals surface area contributed by atoms with Crippen molar-refractivity contribution in [3.05, 3.63) is 29.8 Å². The van der Waals surface area contributed by atoms with Crippen molar-refractivity contribution in [3.8, 4) is 0 Å². The molecule has 2 amide bonds. The number of nitrogens with zero attached hydrogens (tertiary/aromatic N) is 1. The fourth-order valence-electron chi connectivity index (χ4n) is 2.28. The predicted octanol–water partition coefficient (Wildman–Crippen LogP) is 1.41. The molecule has 21 heavy (non-hydrogen) atoms. The summed E-state index contributed by atoms with van der Waals surface area (Å²) in [6.45, 7) is 3.23. The number of rotatable bonds is 5. The van der Waals surface area contributed by atoms with Gasteiger partial charge >= 0.3 is 6.03 Å². The average Bonchev–Trinajstić information content (AvgIpc) is 2.78. The maximum absolute atomic E-state index is 11.8. The number of benzene rings is 1. The quantitative estimate of drug-likeness (QED) is 0.863. The second-order valence-corrected chi connectivity index (χ2v) is 7.09. The lowest BCUT2D eigenvalue weighted by molar-refractivity contribution is 0.251. The average molecular weight is 311 g/mol. The van der Waals surface area contributed by atoms with Crippen LogP contribution in [-0.2, 0) is 16.4 Å². The Bertz CT molecular complexity index is 601. The molecule has 0 saturated carbocycles. The third-order valence-electron chi connectivity index (χ3n) is 3.44. The van der Waals surface area contributed by atoms with E-state index >= 15 is 0 Å². The van der Waals surface area contributed by atoms with Crippen molar-refractivity contribution in [1.29, 1.82) is 0 Å². The van der Waals surface area contributed by atoms with Gasteiger partial charge in [0.15, 0.2) is 0 Å². The Labute approximate surface area is 125 Å². The number of sulfonamides is 1. The number of hydrogen-bond acceptors (Lipinski definition) is 3. The number of hydrogen-bond donors (Lipinski definition) is 2. The summed E-state index contributed by atoms with van der Waals surface area (Å²) in [4.78, 5) is 11.8. The molecular weight excluding hydrogens is 290 g/mol. The van der Waals surface area contributed by atoms with Gasteiger partial charge in [-0.05, 0) is 30.5 Å². The molecule has 0 unspecified atom stereocenters. The molecule has 1 heterocycles. The summed E-state index contributed by atoms with van der Waals surface area (Å²) in [6, 6.07) is 7.32. The number of amides is 2. The SMILES string of the molecule is CCc1cccc(NC(=O)NCCN2CCCS2(=O)=O)c1. The van der Waals surface area contributed by atoms with Gasteiger partial charge in [0.25, 0.3) is 0 Å². The summed E-state index contributed by atoms with van der Waals surface area (Å²) in [5.74, 6) is 0.211. The van der Waals surface area contributed by atoms with Crippen molar-refractivity contribution in [2.45, 2.75) is 19.8 Å². The number of nitrogens with one attached hydrogen (secondary N) is 2. The van der Waals surface area contributed by atoms with Crippen molar-refractivity contribution >= 4 is 21.7 Å². The molecule has 1 aliphatic rings. The molecule has 6 nitrogen and oxygen atoms in total. The van der Waals surface area contributed by atoms with E-state index < -0.39 is 10.0 Å². The summed E-state index contributed by atoms with van der Waals surface area (Å²) in [5.41, 5.74) is 1.89. The first-order valence-corrected chi connectivity index (χ1v) is 8.74. The van der Waals surface area contributed by atoms with E-state index in [2.05, 4.69) is 17.6 Å². The number of carbonyl (C=O) groups excluding carboxylic acids is 1. The van der Waals surface area contributed by atoms with Gasteiger partial charge in [-0.25, -0.2) is 17.5 Å². The van der Waals surface area contributed by atoms with Gasteiger partial charge in [-0.1, -0.05) is 19.1 Å². The van der Waals surface area contributed by atoms with Crippen molar-refractivity contribution in [1.82, 2.24) is 9.62 Å². The first-order chi connectivity index (χ1) is 10.0. The van der Waals surface area contributed by atoms with Crippen LogP contribution in [0.3, 0.4) is 0 Å². The van der Waals surface area contributed by atoms with Crippen molar-refractivity contribution in [3.63, 3.8) is 0 Å². The van der Waals surface area contributed by atoms with Crippen LogP contribution in [0.5, 0.6) is 0 Å². The van der Waals surface area contributed by atoms with Gasteiger partial charge in [0.2, 0.25) is 10.0 Å².